The van der Waals surface area contributed by atoms with Crippen molar-refractivity contribution < 1.29 is 19.5 Å². The van der Waals surface area contributed by atoms with Crippen LogP contribution in [0.5, 0.6) is 0 Å². The van der Waals surface area contributed by atoms with Crippen LogP contribution in [0, 0.1) is 0 Å². The van der Waals surface area contributed by atoms with Crippen molar-refractivity contribution >= 4 is 11.0 Å². The number of fused-ring (bicyclic) bond motifs is 1. The molecule has 3 rings (SSSR count). The standard InChI is InChI=1S/C12H13N5.Zn/c1-2-12-13-7-8-16(12)9-17-11-6-4-3-5-10(11)14-15-17;/h3-8H,2,9H2,1H3;. The van der Waals surface area contributed by atoms with Gasteiger partial charge in [-0.05, 0) is 12.1 Å². The van der Waals surface area contributed by atoms with Crippen LogP contribution in [-0.2, 0) is 32.6 Å². The Morgan fingerprint density at radius 3 is 2.89 bits per heavy atom. The van der Waals surface area contributed by atoms with Crippen LogP contribution in [0.15, 0.2) is 36.7 Å². The molecule has 0 fully saturated rings. The topological polar surface area (TPSA) is 48.5 Å². The fourth-order valence-corrected chi connectivity index (χ4v) is 1.95. The molecule has 0 unspecified atom stereocenters. The summed E-state index contributed by atoms with van der Waals surface area (Å²) in [5, 5.41) is 8.30. The van der Waals surface area contributed by atoms with E-state index in [2.05, 4.69) is 26.8 Å². The molecule has 0 aliphatic rings. The Labute approximate surface area is 118 Å². The van der Waals surface area contributed by atoms with Gasteiger partial charge in [0.25, 0.3) is 0 Å². The van der Waals surface area contributed by atoms with E-state index in [1.54, 1.807) is 0 Å². The zero-order chi connectivity index (χ0) is 11.7. The van der Waals surface area contributed by atoms with Crippen molar-refractivity contribution in [2.24, 2.45) is 0 Å². The molecule has 0 saturated heterocycles. The van der Waals surface area contributed by atoms with Gasteiger partial charge in [0.1, 0.15) is 18.0 Å². The van der Waals surface area contributed by atoms with Crippen LogP contribution in [0.25, 0.3) is 11.0 Å². The molecule has 0 aliphatic carbocycles. The maximum Gasteiger partial charge on any atom is 0.119 e. The molecule has 6 heteroatoms. The maximum atomic E-state index is 4.30. The number of hydrogen-bond donors (Lipinski definition) is 0. The third-order valence-corrected chi connectivity index (χ3v) is 2.82. The van der Waals surface area contributed by atoms with Gasteiger partial charge >= 0.3 is 0 Å². The molecule has 0 aliphatic heterocycles. The molecular weight excluding hydrogens is 280 g/mol. The molecule has 0 amide bonds. The minimum Gasteiger partial charge on any atom is -0.315 e. The molecule has 18 heavy (non-hydrogen) atoms. The molecule has 0 radical (unpaired) electrons. The minimum atomic E-state index is 0. The summed E-state index contributed by atoms with van der Waals surface area (Å²) in [4.78, 5) is 4.30. The summed E-state index contributed by atoms with van der Waals surface area (Å²) in [6.45, 7) is 2.75. The van der Waals surface area contributed by atoms with Crippen LogP contribution in [0.4, 0.5) is 0 Å². The quantitative estimate of drug-likeness (QED) is 0.690. The average Bonchev–Trinajstić information content (AvgIpc) is 2.97. The van der Waals surface area contributed by atoms with E-state index >= 15 is 0 Å². The van der Waals surface area contributed by atoms with E-state index in [9.17, 15) is 0 Å². The average molecular weight is 293 g/mol. The largest absolute Gasteiger partial charge is 0.315 e. The second-order valence-corrected chi connectivity index (χ2v) is 3.89. The van der Waals surface area contributed by atoms with Gasteiger partial charge in [-0.1, -0.05) is 24.3 Å². The third kappa shape index (κ3) is 2.20. The van der Waals surface area contributed by atoms with Gasteiger partial charge in [-0.2, -0.15) is 0 Å². The van der Waals surface area contributed by atoms with E-state index in [1.807, 2.05) is 41.3 Å². The predicted octanol–water partition coefficient (Wildman–Crippen LogP) is 1.69. The number of para-hydroxylation sites is 1. The first-order chi connectivity index (χ1) is 8.38. The number of imidazole rings is 1. The van der Waals surface area contributed by atoms with Gasteiger partial charge in [0.15, 0.2) is 0 Å². The van der Waals surface area contributed by atoms with E-state index in [-0.39, 0.29) is 19.5 Å². The number of hydrogen-bond acceptors (Lipinski definition) is 3. The molecule has 2 heterocycles. The van der Waals surface area contributed by atoms with Crippen LogP contribution < -0.4 is 0 Å². The van der Waals surface area contributed by atoms with Crippen molar-refractivity contribution in [3.8, 4) is 0 Å². The summed E-state index contributed by atoms with van der Waals surface area (Å²) in [7, 11) is 0. The van der Waals surface area contributed by atoms with Crippen molar-refractivity contribution in [3.05, 3.63) is 42.5 Å². The van der Waals surface area contributed by atoms with Crippen molar-refractivity contribution in [3.63, 3.8) is 0 Å². The summed E-state index contributed by atoms with van der Waals surface area (Å²) in [6.07, 6.45) is 4.70. The molecule has 0 spiro atoms. The van der Waals surface area contributed by atoms with Crippen LogP contribution in [-0.4, -0.2) is 24.5 Å². The summed E-state index contributed by atoms with van der Waals surface area (Å²) < 4.78 is 3.97. The smallest absolute Gasteiger partial charge is 0.119 e. The number of aromatic nitrogens is 5. The molecule has 88 valence electrons. The van der Waals surface area contributed by atoms with Gasteiger partial charge in [-0.3, -0.25) is 0 Å². The van der Waals surface area contributed by atoms with E-state index in [0.29, 0.717) is 6.67 Å². The van der Waals surface area contributed by atoms with Gasteiger partial charge in [-0.25, -0.2) is 9.67 Å². The molecule has 2 aromatic heterocycles. The van der Waals surface area contributed by atoms with Crippen molar-refractivity contribution in [1.29, 1.82) is 0 Å². The van der Waals surface area contributed by atoms with Crippen molar-refractivity contribution in [1.82, 2.24) is 24.5 Å². The first-order valence-electron chi connectivity index (χ1n) is 5.66. The number of aryl methyl sites for hydroxylation is 1. The monoisotopic (exact) mass is 291 g/mol. The summed E-state index contributed by atoms with van der Waals surface area (Å²) in [6, 6.07) is 7.96. The fourth-order valence-electron chi connectivity index (χ4n) is 1.95. The Bertz CT molecular complexity index is 643. The minimum absolute atomic E-state index is 0. The van der Waals surface area contributed by atoms with E-state index in [1.165, 1.54) is 0 Å². The summed E-state index contributed by atoms with van der Waals surface area (Å²) in [5.74, 6) is 1.06. The van der Waals surface area contributed by atoms with Crippen LogP contribution >= 0.6 is 0 Å². The van der Waals surface area contributed by atoms with E-state index < -0.39 is 0 Å². The normalized spacial score (nSPS) is 10.5. The van der Waals surface area contributed by atoms with Crippen molar-refractivity contribution in [2.45, 2.75) is 20.0 Å². The molecule has 0 saturated carbocycles. The second kappa shape index (κ2) is 5.40. The first-order valence-corrected chi connectivity index (χ1v) is 5.66. The zero-order valence-electron chi connectivity index (χ0n) is 10.3. The molecule has 0 N–H and O–H groups in total. The van der Waals surface area contributed by atoms with Crippen LogP contribution in [0.2, 0.25) is 0 Å². The number of benzene rings is 1. The van der Waals surface area contributed by atoms with E-state index in [4.69, 9.17) is 0 Å². The zero-order valence-corrected chi connectivity index (χ0v) is 13.3. The predicted molar refractivity (Wildman–Crippen MR) is 64.5 cm³/mol. The fraction of sp³-hybridized carbons (Fsp3) is 0.250. The number of rotatable bonds is 3. The van der Waals surface area contributed by atoms with Gasteiger partial charge < -0.3 is 4.57 Å². The van der Waals surface area contributed by atoms with Crippen molar-refractivity contribution in [2.75, 3.05) is 0 Å². The first kappa shape index (κ1) is 12.9. The van der Waals surface area contributed by atoms with E-state index in [0.717, 1.165) is 23.3 Å². The Kier molecular flexibility index (Phi) is 3.87. The van der Waals surface area contributed by atoms with Gasteiger partial charge in [-0.15, -0.1) is 5.10 Å². The Morgan fingerprint density at radius 1 is 1.22 bits per heavy atom. The molecule has 0 bridgehead atoms. The van der Waals surface area contributed by atoms with Crippen LogP contribution in [0.1, 0.15) is 12.7 Å². The van der Waals surface area contributed by atoms with Gasteiger partial charge in [0.05, 0.1) is 5.52 Å². The molecule has 1 aromatic carbocycles. The SMILES string of the molecule is CCc1nccn1Cn1nnc2ccccc21.[Zn]. The molecule has 3 aromatic rings. The molecule has 5 nitrogen and oxygen atoms in total. The second-order valence-electron chi connectivity index (χ2n) is 3.89. The summed E-state index contributed by atoms with van der Waals surface area (Å²) >= 11 is 0. The summed E-state index contributed by atoms with van der Waals surface area (Å²) in [5.41, 5.74) is 1.97. The van der Waals surface area contributed by atoms with Gasteiger partial charge in [0, 0.05) is 38.3 Å². The Balaban J connectivity index is 0.00000120. The maximum absolute atomic E-state index is 4.30. The number of nitrogens with zero attached hydrogens (tertiary/aromatic N) is 5. The molecular formula is C12H13N5Zn. The Hall–Kier alpha value is -1.55. The third-order valence-electron chi connectivity index (χ3n) is 2.82. The van der Waals surface area contributed by atoms with Gasteiger partial charge in [0.2, 0.25) is 0 Å². The molecule has 0 atom stereocenters. The van der Waals surface area contributed by atoms with Crippen LogP contribution in [0.3, 0.4) is 0 Å². The Morgan fingerprint density at radius 2 is 2.06 bits per heavy atom.